The van der Waals surface area contributed by atoms with Gasteiger partial charge in [-0.2, -0.15) is 9.41 Å². The fourth-order valence-corrected chi connectivity index (χ4v) is 4.51. The van der Waals surface area contributed by atoms with Crippen LogP contribution in [0, 0.1) is 27.7 Å². The van der Waals surface area contributed by atoms with Gasteiger partial charge in [0, 0.05) is 7.05 Å². The van der Waals surface area contributed by atoms with E-state index >= 15 is 0 Å². The predicted octanol–water partition coefficient (Wildman–Crippen LogP) is 2.69. The summed E-state index contributed by atoms with van der Waals surface area (Å²) in [7, 11) is -2.39. The van der Waals surface area contributed by atoms with Gasteiger partial charge in [0.05, 0.1) is 17.7 Å². The monoisotopic (exact) mass is 387 g/mol. The van der Waals surface area contributed by atoms with Crippen molar-refractivity contribution in [2.45, 2.75) is 32.6 Å². The number of hydrogen-bond donors (Lipinski definition) is 1. The molecule has 2 rings (SSSR count). The third kappa shape index (κ3) is 5.24. The first-order valence-electron chi connectivity index (χ1n) is 8.54. The van der Waals surface area contributed by atoms with Gasteiger partial charge in [0.1, 0.15) is 0 Å². The van der Waals surface area contributed by atoms with Gasteiger partial charge in [-0.05, 0) is 44.4 Å². The zero-order valence-electron chi connectivity index (χ0n) is 16.3. The van der Waals surface area contributed by atoms with Gasteiger partial charge in [-0.15, -0.1) is 0 Å². The molecule has 0 radical (unpaired) electrons. The van der Waals surface area contributed by atoms with E-state index in [1.165, 1.54) is 13.3 Å². The number of carbonyl (C=O) groups excluding carboxylic acids is 1. The number of nitrogens with zero attached hydrogens (tertiary/aromatic N) is 2. The first-order valence-corrected chi connectivity index (χ1v) is 9.98. The van der Waals surface area contributed by atoms with Gasteiger partial charge < -0.3 is 0 Å². The molecule has 1 N–H and O–H groups in total. The molecule has 0 unspecified atom stereocenters. The van der Waals surface area contributed by atoms with Crippen LogP contribution in [0.15, 0.2) is 46.4 Å². The van der Waals surface area contributed by atoms with Crippen LogP contribution in [0.4, 0.5) is 0 Å². The molecule has 27 heavy (non-hydrogen) atoms. The van der Waals surface area contributed by atoms with Gasteiger partial charge in [-0.25, -0.2) is 13.8 Å². The summed E-state index contributed by atoms with van der Waals surface area (Å²) < 4.78 is 26.8. The summed E-state index contributed by atoms with van der Waals surface area (Å²) in [5.41, 5.74) is 6.62. The molecule has 0 saturated carbocycles. The second-order valence-electron chi connectivity index (χ2n) is 6.70. The van der Waals surface area contributed by atoms with E-state index in [1.54, 1.807) is 13.8 Å². The fourth-order valence-electron chi connectivity index (χ4n) is 2.98. The van der Waals surface area contributed by atoms with Crippen LogP contribution in [0.1, 0.15) is 27.8 Å². The fraction of sp³-hybridized carbons (Fsp3) is 0.300. The molecule has 7 heteroatoms. The highest BCUT2D eigenvalue weighted by Gasteiger charge is 2.26. The molecule has 0 bridgehead atoms. The Morgan fingerprint density at radius 3 is 2.30 bits per heavy atom. The summed E-state index contributed by atoms with van der Waals surface area (Å²) in [6, 6.07) is 11.3. The van der Waals surface area contributed by atoms with Crippen molar-refractivity contribution >= 4 is 22.1 Å². The molecular formula is C20H25N3O3S. The number of likely N-dealkylation sites (N-methyl/N-ethyl adjacent to an activating group) is 1. The van der Waals surface area contributed by atoms with Crippen LogP contribution < -0.4 is 5.43 Å². The van der Waals surface area contributed by atoms with Gasteiger partial charge in [-0.1, -0.05) is 47.5 Å². The van der Waals surface area contributed by atoms with Gasteiger partial charge in [-0.3, -0.25) is 4.79 Å². The lowest BCUT2D eigenvalue weighted by Gasteiger charge is -2.19. The highest BCUT2D eigenvalue weighted by atomic mass is 32.2. The number of sulfonamides is 1. The van der Waals surface area contributed by atoms with E-state index in [1.807, 2.05) is 50.2 Å². The number of rotatable bonds is 6. The number of aryl methyl sites for hydroxylation is 4. The van der Waals surface area contributed by atoms with Crippen LogP contribution in [0.2, 0.25) is 0 Å². The third-order valence-corrected chi connectivity index (χ3v) is 6.19. The highest BCUT2D eigenvalue weighted by molar-refractivity contribution is 7.89. The smallest absolute Gasteiger partial charge is 0.255 e. The number of nitrogens with one attached hydrogen (secondary N) is 1. The van der Waals surface area contributed by atoms with Crippen molar-refractivity contribution in [2.24, 2.45) is 5.10 Å². The Kier molecular flexibility index (Phi) is 6.51. The van der Waals surface area contributed by atoms with Crippen LogP contribution in [0.3, 0.4) is 0 Å². The summed E-state index contributed by atoms with van der Waals surface area (Å²) in [4.78, 5) is 12.3. The van der Waals surface area contributed by atoms with E-state index in [2.05, 4.69) is 10.5 Å². The maximum absolute atomic E-state index is 12.9. The Hall–Kier alpha value is -2.51. The van der Waals surface area contributed by atoms with E-state index in [0.717, 1.165) is 21.0 Å². The summed E-state index contributed by atoms with van der Waals surface area (Å²) in [6.45, 7) is 7.07. The quantitative estimate of drug-likeness (QED) is 0.611. The SMILES string of the molecule is Cc1cccc(/C=N\NC(=O)CN(C)S(=O)(=O)c2c(C)cc(C)cc2C)c1. The van der Waals surface area contributed by atoms with Gasteiger partial charge >= 0.3 is 0 Å². The Bertz CT molecular complexity index is 959. The summed E-state index contributed by atoms with van der Waals surface area (Å²) in [5.74, 6) is -0.507. The Labute approximate surface area is 161 Å². The lowest BCUT2D eigenvalue weighted by Crippen LogP contribution is -2.37. The molecule has 0 aromatic heterocycles. The van der Waals surface area contributed by atoms with E-state index in [-0.39, 0.29) is 11.4 Å². The van der Waals surface area contributed by atoms with Crippen LogP contribution in [-0.2, 0) is 14.8 Å². The molecule has 0 saturated heterocycles. The molecule has 0 fully saturated rings. The number of hydrogen-bond acceptors (Lipinski definition) is 4. The summed E-state index contributed by atoms with van der Waals surface area (Å²) >= 11 is 0. The normalized spacial score (nSPS) is 11.9. The number of carbonyl (C=O) groups is 1. The minimum atomic E-state index is -3.77. The van der Waals surface area contributed by atoms with Crippen molar-refractivity contribution in [3.8, 4) is 0 Å². The van der Waals surface area contributed by atoms with Crippen molar-refractivity contribution in [1.29, 1.82) is 0 Å². The van der Waals surface area contributed by atoms with E-state index in [0.29, 0.717) is 11.1 Å². The van der Waals surface area contributed by atoms with Crippen LogP contribution in [-0.4, -0.2) is 38.4 Å². The zero-order chi connectivity index (χ0) is 20.2. The second-order valence-corrected chi connectivity index (χ2v) is 8.68. The molecule has 2 aromatic rings. The first kappa shape index (κ1) is 20.8. The minimum absolute atomic E-state index is 0.242. The largest absolute Gasteiger partial charge is 0.272 e. The molecule has 0 aliphatic carbocycles. The summed E-state index contributed by atoms with van der Waals surface area (Å²) in [5, 5.41) is 3.89. The van der Waals surface area contributed by atoms with Gasteiger partial charge in [0.2, 0.25) is 10.0 Å². The average molecular weight is 388 g/mol. The molecule has 1 amide bonds. The number of benzene rings is 2. The van der Waals surface area contributed by atoms with Crippen LogP contribution in [0.25, 0.3) is 0 Å². The summed E-state index contributed by atoms with van der Waals surface area (Å²) in [6.07, 6.45) is 1.52. The molecular weight excluding hydrogens is 362 g/mol. The topological polar surface area (TPSA) is 78.8 Å². The van der Waals surface area contributed by atoms with Crippen LogP contribution >= 0.6 is 0 Å². The molecule has 0 atom stereocenters. The van der Waals surface area contributed by atoms with Crippen molar-refractivity contribution in [2.75, 3.05) is 13.6 Å². The van der Waals surface area contributed by atoms with Crippen molar-refractivity contribution in [3.05, 3.63) is 64.2 Å². The Balaban J connectivity index is 2.07. The lowest BCUT2D eigenvalue weighted by atomic mass is 10.1. The minimum Gasteiger partial charge on any atom is -0.272 e. The standard InChI is InChI=1S/C20H25N3O3S/c1-14-7-6-8-18(11-14)12-21-22-19(24)13-23(5)27(25,26)20-16(3)9-15(2)10-17(20)4/h6-12H,13H2,1-5H3,(H,22,24)/b21-12-. The second kappa shape index (κ2) is 8.45. The van der Waals surface area contributed by atoms with E-state index in [4.69, 9.17) is 0 Å². The average Bonchev–Trinajstić information content (AvgIpc) is 2.53. The molecule has 6 nitrogen and oxygen atoms in total. The van der Waals surface area contributed by atoms with Crippen molar-refractivity contribution in [1.82, 2.24) is 9.73 Å². The molecule has 2 aromatic carbocycles. The van der Waals surface area contributed by atoms with Crippen molar-refractivity contribution < 1.29 is 13.2 Å². The molecule has 144 valence electrons. The van der Waals surface area contributed by atoms with E-state index < -0.39 is 15.9 Å². The Morgan fingerprint density at radius 2 is 1.70 bits per heavy atom. The predicted molar refractivity (Wildman–Crippen MR) is 107 cm³/mol. The third-order valence-electron chi connectivity index (χ3n) is 4.08. The molecule has 0 aliphatic heterocycles. The maximum atomic E-state index is 12.9. The lowest BCUT2D eigenvalue weighted by molar-refractivity contribution is -0.121. The molecule has 0 spiro atoms. The number of amides is 1. The Morgan fingerprint density at radius 1 is 1.07 bits per heavy atom. The van der Waals surface area contributed by atoms with Gasteiger partial charge in [0.25, 0.3) is 5.91 Å². The molecule has 0 aliphatic rings. The highest BCUT2D eigenvalue weighted by Crippen LogP contribution is 2.24. The molecule has 0 heterocycles. The van der Waals surface area contributed by atoms with Crippen molar-refractivity contribution in [3.63, 3.8) is 0 Å². The van der Waals surface area contributed by atoms with Crippen LogP contribution in [0.5, 0.6) is 0 Å². The maximum Gasteiger partial charge on any atom is 0.255 e. The first-order chi connectivity index (χ1) is 12.6. The zero-order valence-corrected chi connectivity index (χ0v) is 17.1. The van der Waals surface area contributed by atoms with Gasteiger partial charge in [0.15, 0.2) is 0 Å². The number of hydrazone groups is 1. The van der Waals surface area contributed by atoms with E-state index in [9.17, 15) is 13.2 Å².